The largest absolute Gasteiger partial charge is 0.457 e. The third kappa shape index (κ3) is 4.57. The summed E-state index contributed by atoms with van der Waals surface area (Å²) in [4.78, 5) is 14.7. The highest BCUT2D eigenvalue weighted by Crippen LogP contribution is 2.21. The molecule has 140 valence electrons. The van der Waals surface area contributed by atoms with Crippen LogP contribution in [0.3, 0.4) is 0 Å². The highest BCUT2D eigenvalue weighted by molar-refractivity contribution is 5.45. The summed E-state index contributed by atoms with van der Waals surface area (Å²) in [5.41, 5.74) is 1.76. The fraction of sp³-hybridized carbons (Fsp3) is 0.143. The van der Waals surface area contributed by atoms with Crippen LogP contribution in [0.1, 0.15) is 11.5 Å². The summed E-state index contributed by atoms with van der Waals surface area (Å²) < 4.78 is 11.1. The Hall–Kier alpha value is -3.58. The first-order valence-corrected chi connectivity index (χ1v) is 8.85. The average Bonchev–Trinajstić information content (AvgIpc) is 3.19. The van der Waals surface area contributed by atoms with E-state index in [1.165, 1.54) is 0 Å². The van der Waals surface area contributed by atoms with Crippen LogP contribution in [0.15, 0.2) is 77.7 Å². The van der Waals surface area contributed by atoms with E-state index >= 15 is 0 Å². The monoisotopic (exact) mass is 373 g/mol. The van der Waals surface area contributed by atoms with Crippen molar-refractivity contribution >= 4 is 0 Å². The van der Waals surface area contributed by atoms with Crippen LogP contribution in [0, 0.1) is 0 Å². The maximum atomic E-state index is 5.82. The van der Waals surface area contributed by atoms with Gasteiger partial charge in [-0.2, -0.15) is 4.98 Å². The summed E-state index contributed by atoms with van der Waals surface area (Å²) in [6.45, 7) is 1.28. The zero-order chi connectivity index (χ0) is 19.2. The van der Waals surface area contributed by atoms with Gasteiger partial charge in [-0.3, -0.25) is 9.88 Å². The molecule has 0 saturated carbocycles. The van der Waals surface area contributed by atoms with Gasteiger partial charge in [-0.25, -0.2) is 4.98 Å². The minimum atomic E-state index is 0.443. The molecule has 2 heterocycles. The number of hydrogen-bond acceptors (Lipinski definition) is 7. The number of rotatable bonds is 7. The Morgan fingerprint density at radius 1 is 0.929 bits per heavy atom. The SMILES string of the molecule is CN(Cc1ccc(Oc2ccccc2)cc1)Cc1nc(-c2cnccn2)no1. The molecule has 0 saturated heterocycles. The normalized spacial score (nSPS) is 10.9. The van der Waals surface area contributed by atoms with Gasteiger partial charge in [0.1, 0.15) is 17.2 Å². The minimum Gasteiger partial charge on any atom is -0.457 e. The molecule has 0 aliphatic carbocycles. The maximum Gasteiger partial charge on any atom is 0.241 e. The summed E-state index contributed by atoms with van der Waals surface area (Å²) in [5.74, 6) is 2.61. The van der Waals surface area contributed by atoms with Crippen LogP contribution in [0.2, 0.25) is 0 Å². The van der Waals surface area contributed by atoms with Crippen molar-refractivity contribution in [2.45, 2.75) is 13.1 Å². The van der Waals surface area contributed by atoms with Crippen molar-refractivity contribution in [1.82, 2.24) is 25.0 Å². The number of benzene rings is 2. The smallest absolute Gasteiger partial charge is 0.241 e. The van der Waals surface area contributed by atoms with Crippen molar-refractivity contribution in [2.24, 2.45) is 0 Å². The van der Waals surface area contributed by atoms with Crippen LogP contribution < -0.4 is 4.74 Å². The van der Waals surface area contributed by atoms with E-state index in [0.29, 0.717) is 24.0 Å². The summed E-state index contributed by atoms with van der Waals surface area (Å²) in [6, 6.07) is 17.8. The van der Waals surface area contributed by atoms with Crippen LogP contribution in [0.5, 0.6) is 11.5 Å². The third-order valence-corrected chi connectivity index (χ3v) is 4.02. The zero-order valence-corrected chi connectivity index (χ0v) is 15.4. The fourth-order valence-electron chi connectivity index (χ4n) is 2.72. The number of ether oxygens (including phenoxy) is 1. The summed E-state index contributed by atoms with van der Waals surface area (Å²) in [5, 5.41) is 3.97. The van der Waals surface area contributed by atoms with E-state index in [2.05, 4.69) is 25.0 Å². The van der Waals surface area contributed by atoms with E-state index in [0.717, 1.165) is 23.6 Å². The van der Waals surface area contributed by atoms with Gasteiger partial charge < -0.3 is 9.26 Å². The van der Waals surface area contributed by atoms with Gasteiger partial charge in [-0.05, 0) is 36.9 Å². The van der Waals surface area contributed by atoms with Gasteiger partial charge in [0.25, 0.3) is 0 Å². The second-order valence-electron chi connectivity index (χ2n) is 6.33. The first-order chi connectivity index (χ1) is 13.8. The molecule has 0 fully saturated rings. The highest BCUT2D eigenvalue weighted by Gasteiger charge is 2.12. The van der Waals surface area contributed by atoms with Gasteiger partial charge in [0.15, 0.2) is 0 Å². The van der Waals surface area contributed by atoms with Crippen LogP contribution in [0.4, 0.5) is 0 Å². The molecule has 4 aromatic rings. The van der Waals surface area contributed by atoms with Crippen LogP contribution in [-0.2, 0) is 13.1 Å². The molecule has 0 unspecified atom stereocenters. The van der Waals surface area contributed by atoms with Crippen molar-refractivity contribution in [2.75, 3.05) is 7.05 Å². The Morgan fingerprint density at radius 3 is 2.46 bits per heavy atom. The van der Waals surface area contributed by atoms with E-state index in [4.69, 9.17) is 9.26 Å². The lowest BCUT2D eigenvalue weighted by molar-refractivity contribution is 0.261. The Labute approximate surface area is 162 Å². The number of hydrogen-bond donors (Lipinski definition) is 0. The second-order valence-corrected chi connectivity index (χ2v) is 6.33. The van der Waals surface area contributed by atoms with Crippen molar-refractivity contribution in [3.05, 3.63) is 84.6 Å². The lowest BCUT2D eigenvalue weighted by atomic mass is 10.2. The molecule has 0 atom stereocenters. The molecule has 7 heteroatoms. The maximum absolute atomic E-state index is 5.82. The molecule has 0 radical (unpaired) electrons. The van der Waals surface area contributed by atoms with Crippen molar-refractivity contribution in [1.29, 1.82) is 0 Å². The van der Waals surface area contributed by atoms with Crippen LogP contribution in [-0.4, -0.2) is 32.1 Å². The molecule has 0 amide bonds. The Balaban J connectivity index is 1.34. The van der Waals surface area contributed by atoms with E-state index in [-0.39, 0.29) is 0 Å². The molecule has 2 aromatic carbocycles. The first-order valence-electron chi connectivity index (χ1n) is 8.85. The van der Waals surface area contributed by atoms with E-state index < -0.39 is 0 Å². The van der Waals surface area contributed by atoms with Crippen molar-refractivity contribution < 1.29 is 9.26 Å². The molecular formula is C21H19N5O2. The van der Waals surface area contributed by atoms with Gasteiger partial charge >= 0.3 is 0 Å². The predicted molar refractivity (Wildman–Crippen MR) is 103 cm³/mol. The molecule has 0 aliphatic heterocycles. The fourth-order valence-corrected chi connectivity index (χ4v) is 2.72. The van der Waals surface area contributed by atoms with E-state index in [1.807, 2.05) is 61.6 Å². The Kier molecular flexibility index (Phi) is 5.35. The molecule has 0 spiro atoms. The summed E-state index contributed by atoms with van der Waals surface area (Å²) in [7, 11) is 2.00. The topological polar surface area (TPSA) is 77.2 Å². The number of nitrogens with zero attached hydrogens (tertiary/aromatic N) is 5. The predicted octanol–water partition coefficient (Wildman–Crippen LogP) is 3.95. The average molecular weight is 373 g/mol. The van der Waals surface area contributed by atoms with Gasteiger partial charge in [-0.15, -0.1) is 0 Å². The van der Waals surface area contributed by atoms with Crippen molar-refractivity contribution in [3.8, 4) is 23.0 Å². The quantitative estimate of drug-likeness (QED) is 0.485. The third-order valence-electron chi connectivity index (χ3n) is 4.02. The second kappa shape index (κ2) is 8.41. The molecule has 4 rings (SSSR count). The molecular weight excluding hydrogens is 354 g/mol. The summed E-state index contributed by atoms with van der Waals surface area (Å²) >= 11 is 0. The van der Waals surface area contributed by atoms with Crippen LogP contribution >= 0.6 is 0 Å². The molecule has 0 aliphatic rings. The van der Waals surface area contributed by atoms with Gasteiger partial charge in [0, 0.05) is 18.9 Å². The summed E-state index contributed by atoms with van der Waals surface area (Å²) in [6.07, 6.45) is 4.81. The molecule has 28 heavy (non-hydrogen) atoms. The molecule has 0 bridgehead atoms. The van der Waals surface area contributed by atoms with Gasteiger partial charge in [-0.1, -0.05) is 35.5 Å². The first kappa shape index (κ1) is 17.8. The lowest BCUT2D eigenvalue weighted by Crippen LogP contribution is -2.17. The Morgan fingerprint density at radius 2 is 1.71 bits per heavy atom. The Bertz CT molecular complexity index is 1000. The lowest BCUT2D eigenvalue weighted by Gasteiger charge is -2.14. The number of para-hydroxylation sites is 1. The highest BCUT2D eigenvalue weighted by atomic mass is 16.5. The zero-order valence-electron chi connectivity index (χ0n) is 15.4. The minimum absolute atomic E-state index is 0.443. The van der Waals surface area contributed by atoms with E-state index in [1.54, 1.807) is 18.6 Å². The molecule has 2 aromatic heterocycles. The van der Waals surface area contributed by atoms with Crippen LogP contribution in [0.25, 0.3) is 11.5 Å². The molecule has 0 N–H and O–H groups in total. The molecule has 7 nitrogen and oxygen atoms in total. The van der Waals surface area contributed by atoms with Crippen molar-refractivity contribution in [3.63, 3.8) is 0 Å². The van der Waals surface area contributed by atoms with Gasteiger partial charge in [0.05, 0.1) is 12.7 Å². The van der Waals surface area contributed by atoms with E-state index in [9.17, 15) is 0 Å². The van der Waals surface area contributed by atoms with Gasteiger partial charge in [0.2, 0.25) is 11.7 Å². The standard InChI is InChI=1S/C21H19N5O2/c1-26(15-20-24-21(25-28-20)19-13-22-11-12-23-19)14-16-7-9-18(10-8-16)27-17-5-3-2-4-6-17/h2-13H,14-15H2,1H3. The number of aromatic nitrogens is 4.